The Morgan fingerprint density at radius 2 is 1.92 bits per heavy atom. The number of amides is 2. The summed E-state index contributed by atoms with van der Waals surface area (Å²) in [4.78, 5) is 36.0. The number of benzene rings is 2. The molecule has 0 aliphatic carbocycles. The highest BCUT2D eigenvalue weighted by molar-refractivity contribution is 6.23. The Morgan fingerprint density at radius 3 is 2.62 bits per heavy atom. The maximum absolute atomic E-state index is 12.4. The molecule has 2 aromatic carbocycles. The number of hydrogen-bond donors (Lipinski definition) is 1. The second kappa shape index (κ2) is 6.93. The van der Waals surface area contributed by atoms with Gasteiger partial charge in [-0.25, -0.2) is 0 Å². The van der Waals surface area contributed by atoms with Gasteiger partial charge in [0, 0.05) is 6.07 Å². The average Bonchev–Trinajstić information content (AvgIpc) is 2.85. The molecule has 8 nitrogen and oxygen atoms in total. The summed E-state index contributed by atoms with van der Waals surface area (Å²) in [5.74, 6) is -0.891. The molecular formula is C18H16N2O6. The van der Waals surface area contributed by atoms with Crippen LogP contribution in [0.3, 0.4) is 0 Å². The van der Waals surface area contributed by atoms with E-state index in [1.54, 1.807) is 18.2 Å². The zero-order chi connectivity index (χ0) is 18.8. The molecule has 26 heavy (non-hydrogen) atoms. The fraction of sp³-hybridized carbons (Fsp3) is 0.222. The van der Waals surface area contributed by atoms with Gasteiger partial charge in [0.2, 0.25) is 0 Å². The zero-order valence-corrected chi connectivity index (χ0v) is 13.9. The summed E-state index contributed by atoms with van der Waals surface area (Å²) in [6.07, 6.45) is -1.13. The molecule has 0 bridgehead atoms. The van der Waals surface area contributed by atoms with Gasteiger partial charge >= 0.3 is 0 Å². The van der Waals surface area contributed by atoms with Crippen LogP contribution in [0.25, 0.3) is 0 Å². The third kappa shape index (κ3) is 3.27. The number of nitrogens with zero attached hydrogens (tertiary/aromatic N) is 2. The summed E-state index contributed by atoms with van der Waals surface area (Å²) < 4.78 is 5.46. The van der Waals surface area contributed by atoms with Crippen molar-refractivity contribution in [2.75, 3.05) is 13.2 Å². The van der Waals surface area contributed by atoms with Gasteiger partial charge < -0.3 is 9.84 Å². The van der Waals surface area contributed by atoms with Crippen LogP contribution < -0.4 is 4.74 Å². The monoisotopic (exact) mass is 356 g/mol. The summed E-state index contributed by atoms with van der Waals surface area (Å²) in [6, 6.07) is 11.1. The minimum absolute atomic E-state index is 0.0315. The summed E-state index contributed by atoms with van der Waals surface area (Å²) in [5, 5.41) is 21.2. The van der Waals surface area contributed by atoms with Gasteiger partial charge in [0.05, 0.1) is 17.0 Å². The Kier molecular flexibility index (Phi) is 4.68. The maximum Gasteiger partial charge on any atom is 0.282 e. The number of carbonyl (C=O) groups is 2. The van der Waals surface area contributed by atoms with E-state index in [-0.39, 0.29) is 24.3 Å². The molecule has 0 aromatic heterocycles. The van der Waals surface area contributed by atoms with Crippen LogP contribution in [-0.2, 0) is 0 Å². The molecule has 1 heterocycles. The van der Waals surface area contributed by atoms with Gasteiger partial charge in [0.1, 0.15) is 24.0 Å². The molecule has 0 radical (unpaired) electrons. The zero-order valence-electron chi connectivity index (χ0n) is 13.9. The molecule has 0 fully saturated rings. The van der Waals surface area contributed by atoms with Crippen LogP contribution in [0.1, 0.15) is 26.3 Å². The molecule has 8 heteroatoms. The number of carbonyl (C=O) groups excluding carboxylic acids is 2. The molecule has 3 rings (SSSR count). The standard InChI is InChI=1S/C18H16N2O6/c1-11-4-2-5-13(8-11)26-10-12(21)9-19-17(22)14-6-3-7-15(20(24)25)16(14)18(19)23/h2-8,12,21H,9-10H2,1H3. The lowest BCUT2D eigenvalue weighted by molar-refractivity contribution is -0.385. The van der Waals surface area contributed by atoms with E-state index in [4.69, 9.17) is 4.74 Å². The van der Waals surface area contributed by atoms with Crippen molar-refractivity contribution < 1.29 is 24.4 Å². The molecule has 1 aliphatic heterocycles. The molecule has 134 valence electrons. The first-order valence-corrected chi connectivity index (χ1v) is 7.89. The van der Waals surface area contributed by atoms with E-state index in [0.717, 1.165) is 10.5 Å². The third-order valence-electron chi connectivity index (χ3n) is 4.00. The predicted molar refractivity (Wildman–Crippen MR) is 91.1 cm³/mol. The molecule has 1 unspecified atom stereocenters. The van der Waals surface area contributed by atoms with Crippen LogP contribution in [0.2, 0.25) is 0 Å². The van der Waals surface area contributed by atoms with E-state index in [9.17, 15) is 24.8 Å². The number of nitro benzene ring substituents is 1. The van der Waals surface area contributed by atoms with E-state index in [2.05, 4.69) is 0 Å². The first-order chi connectivity index (χ1) is 12.4. The van der Waals surface area contributed by atoms with E-state index in [1.165, 1.54) is 18.2 Å². The second-order valence-electron chi connectivity index (χ2n) is 5.96. The number of aliphatic hydroxyl groups is 1. The SMILES string of the molecule is Cc1cccc(OCC(O)CN2C(=O)c3cccc([N+](=O)[O-])c3C2=O)c1. The number of aliphatic hydroxyl groups excluding tert-OH is 1. The normalized spacial score (nSPS) is 14.3. The summed E-state index contributed by atoms with van der Waals surface area (Å²) in [7, 11) is 0. The quantitative estimate of drug-likeness (QED) is 0.481. The topological polar surface area (TPSA) is 110 Å². The molecule has 2 amide bonds. The Morgan fingerprint density at radius 1 is 1.19 bits per heavy atom. The molecule has 0 saturated carbocycles. The minimum atomic E-state index is -1.13. The molecule has 1 atom stereocenters. The number of nitro groups is 1. The number of aryl methyl sites for hydroxylation is 1. The highest BCUT2D eigenvalue weighted by Crippen LogP contribution is 2.30. The van der Waals surface area contributed by atoms with Gasteiger partial charge in [-0.15, -0.1) is 0 Å². The maximum atomic E-state index is 12.4. The van der Waals surface area contributed by atoms with Crippen molar-refractivity contribution in [3.8, 4) is 5.75 Å². The van der Waals surface area contributed by atoms with E-state index >= 15 is 0 Å². The van der Waals surface area contributed by atoms with Gasteiger partial charge in [0.25, 0.3) is 17.5 Å². The molecule has 0 saturated heterocycles. The summed E-state index contributed by atoms with van der Waals surface area (Å²) >= 11 is 0. The minimum Gasteiger partial charge on any atom is -0.491 e. The molecule has 2 aromatic rings. The largest absolute Gasteiger partial charge is 0.491 e. The highest BCUT2D eigenvalue weighted by atomic mass is 16.6. The number of imide groups is 1. The number of β-amino-alcohol motifs (C(OH)–C–C–N with tert-alkyl or cyclic N) is 1. The van der Waals surface area contributed by atoms with Gasteiger partial charge in [-0.1, -0.05) is 18.2 Å². The first kappa shape index (κ1) is 17.6. The average molecular weight is 356 g/mol. The molecular weight excluding hydrogens is 340 g/mol. The number of fused-ring (bicyclic) bond motifs is 1. The lowest BCUT2D eigenvalue weighted by Crippen LogP contribution is -2.39. The Labute approximate surface area is 148 Å². The van der Waals surface area contributed by atoms with Gasteiger partial charge in [0.15, 0.2) is 0 Å². The van der Waals surface area contributed by atoms with E-state index in [1.807, 2.05) is 13.0 Å². The molecule has 1 aliphatic rings. The summed E-state index contributed by atoms with van der Waals surface area (Å²) in [5.41, 5.74) is 0.295. The van der Waals surface area contributed by atoms with Crippen molar-refractivity contribution in [3.63, 3.8) is 0 Å². The van der Waals surface area contributed by atoms with Crippen molar-refractivity contribution in [1.82, 2.24) is 4.90 Å². The van der Waals surface area contributed by atoms with Crippen molar-refractivity contribution in [1.29, 1.82) is 0 Å². The number of rotatable bonds is 6. The molecule has 0 spiro atoms. The van der Waals surface area contributed by atoms with E-state index in [0.29, 0.717) is 5.75 Å². The van der Waals surface area contributed by atoms with Crippen LogP contribution in [0.15, 0.2) is 42.5 Å². The van der Waals surface area contributed by atoms with Crippen molar-refractivity contribution in [2.45, 2.75) is 13.0 Å². The van der Waals surface area contributed by atoms with Gasteiger partial charge in [-0.3, -0.25) is 24.6 Å². The Hall–Kier alpha value is -3.26. The lowest BCUT2D eigenvalue weighted by Gasteiger charge is -2.18. The first-order valence-electron chi connectivity index (χ1n) is 7.89. The van der Waals surface area contributed by atoms with Crippen LogP contribution in [0.4, 0.5) is 5.69 Å². The van der Waals surface area contributed by atoms with Gasteiger partial charge in [-0.05, 0) is 30.7 Å². The Balaban J connectivity index is 1.70. The van der Waals surface area contributed by atoms with Crippen molar-refractivity contribution >= 4 is 17.5 Å². The fourth-order valence-corrected chi connectivity index (χ4v) is 2.79. The number of ether oxygens (including phenoxy) is 1. The van der Waals surface area contributed by atoms with Crippen molar-refractivity contribution in [3.05, 3.63) is 69.3 Å². The van der Waals surface area contributed by atoms with Crippen LogP contribution in [-0.4, -0.2) is 46.0 Å². The second-order valence-corrected chi connectivity index (χ2v) is 5.96. The van der Waals surface area contributed by atoms with Crippen LogP contribution in [0, 0.1) is 17.0 Å². The van der Waals surface area contributed by atoms with Gasteiger partial charge in [-0.2, -0.15) is 0 Å². The smallest absolute Gasteiger partial charge is 0.282 e. The van der Waals surface area contributed by atoms with Crippen LogP contribution in [0.5, 0.6) is 5.75 Å². The molecule has 1 N–H and O–H groups in total. The summed E-state index contributed by atoms with van der Waals surface area (Å²) in [6.45, 7) is 1.46. The van der Waals surface area contributed by atoms with Crippen LogP contribution >= 0.6 is 0 Å². The van der Waals surface area contributed by atoms with Crippen molar-refractivity contribution in [2.24, 2.45) is 0 Å². The lowest BCUT2D eigenvalue weighted by atomic mass is 10.1. The predicted octanol–water partition coefficient (Wildman–Crippen LogP) is 1.94. The number of hydrogen-bond acceptors (Lipinski definition) is 6. The fourth-order valence-electron chi connectivity index (χ4n) is 2.79. The Bertz CT molecular complexity index is 895. The highest BCUT2D eigenvalue weighted by Gasteiger charge is 2.41. The third-order valence-corrected chi connectivity index (χ3v) is 4.00. The van der Waals surface area contributed by atoms with E-state index < -0.39 is 28.5 Å².